The first-order chi connectivity index (χ1) is 7.29. The molecule has 0 amide bonds. The third-order valence-corrected chi connectivity index (χ3v) is 3.21. The molecule has 1 aromatic carbocycles. The van der Waals surface area contributed by atoms with E-state index in [0.29, 0.717) is 11.6 Å². The Balaban J connectivity index is 2.03. The summed E-state index contributed by atoms with van der Waals surface area (Å²) in [6.45, 7) is 2.32. The molecular formula is C12H17FN2. The van der Waals surface area contributed by atoms with E-state index < -0.39 is 0 Å². The second-order valence-corrected chi connectivity index (χ2v) is 4.29. The zero-order chi connectivity index (χ0) is 10.7. The summed E-state index contributed by atoms with van der Waals surface area (Å²) < 4.78 is 12.1. The van der Waals surface area contributed by atoms with Crippen molar-refractivity contribution in [1.29, 1.82) is 0 Å². The van der Waals surface area contributed by atoms with E-state index in [2.05, 4.69) is 11.9 Å². The molecule has 1 fully saturated rings. The van der Waals surface area contributed by atoms with Gasteiger partial charge in [-0.3, -0.25) is 0 Å². The number of piperidine rings is 1. The van der Waals surface area contributed by atoms with Crippen molar-refractivity contribution >= 4 is 5.69 Å². The summed E-state index contributed by atoms with van der Waals surface area (Å²) in [5.74, 6) is 0.648. The van der Waals surface area contributed by atoms with Crippen LogP contribution >= 0.6 is 0 Å². The van der Waals surface area contributed by atoms with Crippen LogP contribution in [0, 0.1) is 0 Å². The number of hydrogen-bond donors (Lipinski definition) is 1. The number of rotatable bonds is 2. The molecule has 0 radical (unpaired) electrons. The minimum absolute atomic E-state index is 0.534. The lowest BCUT2D eigenvalue weighted by Gasteiger charge is -2.29. The van der Waals surface area contributed by atoms with Crippen molar-refractivity contribution in [3.63, 3.8) is 0 Å². The Morgan fingerprint density at radius 3 is 2.33 bits per heavy atom. The van der Waals surface area contributed by atoms with Crippen molar-refractivity contribution in [2.45, 2.75) is 18.8 Å². The van der Waals surface area contributed by atoms with Gasteiger partial charge in [-0.25, -0.2) is 5.54 Å². The number of anilines is 1. The van der Waals surface area contributed by atoms with Crippen molar-refractivity contribution in [2.24, 2.45) is 0 Å². The summed E-state index contributed by atoms with van der Waals surface area (Å²) in [4.78, 5) is 2.36. The van der Waals surface area contributed by atoms with Crippen LogP contribution in [0.2, 0.25) is 0 Å². The summed E-state index contributed by atoms with van der Waals surface area (Å²) in [6.07, 6.45) is 2.41. The molecular weight excluding hydrogens is 191 g/mol. The van der Waals surface area contributed by atoms with E-state index in [-0.39, 0.29) is 0 Å². The van der Waals surface area contributed by atoms with Crippen LogP contribution in [0.25, 0.3) is 0 Å². The molecule has 15 heavy (non-hydrogen) atoms. The fraction of sp³-hybridized carbons (Fsp3) is 0.500. The van der Waals surface area contributed by atoms with E-state index in [9.17, 15) is 4.48 Å². The van der Waals surface area contributed by atoms with Crippen molar-refractivity contribution in [3.05, 3.63) is 29.8 Å². The SMILES string of the molecule is CN1CCC(c2ccc(NF)cc2)CC1. The van der Waals surface area contributed by atoms with Crippen LogP contribution in [0.5, 0.6) is 0 Å². The first-order valence-corrected chi connectivity index (χ1v) is 5.45. The predicted molar refractivity (Wildman–Crippen MR) is 60.6 cm³/mol. The van der Waals surface area contributed by atoms with Gasteiger partial charge in [-0.05, 0) is 56.6 Å². The van der Waals surface area contributed by atoms with E-state index in [1.54, 1.807) is 17.7 Å². The molecule has 0 aromatic heterocycles. The van der Waals surface area contributed by atoms with E-state index in [1.807, 2.05) is 12.1 Å². The molecule has 0 saturated carbocycles. The molecule has 0 bridgehead atoms. The molecule has 2 nitrogen and oxygen atoms in total. The third kappa shape index (κ3) is 2.48. The van der Waals surface area contributed by atoms with Crippen LogP contribution in [0.4, 0.5) is 10.2 Å². The van der Waals surface area contributed by atoms with Gasteiger partial charge in [0.25, 0.3) is 0 Å². The Hall–Kier alpha value is -1.09. The van der Waals surface area contributed by atoms with Gasteiger partial charge in [-0.1, -0.05) is 12.1 Å². The maximum Gasteiger partial charge on any atom is 0.0655 e. The maximum absolute atomic E-state index is 12.1. The zero-order valence-electron chi connectivity index (χ0n) is 9.04. The molecule has 2 rings (SSSR count). The number of likely N-dealkylation sites (tertiary alicyclic amines) is 1. The molecule has 82 valence electrons. The lowest BCUT2D eigenvalue weighted by molar-refractivity contribution is 0.255. The van der Waals surface area contributed by atoms with Crippen LogP contribution in [0.3, 0.4) is 0 Å². The highest BCUT2D eigenvalue weighted by Crippen LogP contribution is 2.28. The maximum atomic E-state index is 12.1. The largest absolute Gasteiger partial charge is 0.306 e. The number of benzene rings is 1. The van der Waals surface area contributed by atoms with Gasteiger partial charge < -0.3 is 4.90 Å². The number of hydrogen-bond acceptors (Lipinski definition) is 2. The van der Waals surface area contributed by atoms with Gasteiger partial charge in [0.15, 0.2) is 0 Å². The molecule has 0 aliphatic carbocycles. The molecule has 1 saturated heterocycles. The third-order valence-electron chi connectivity index (χ3n) is 3.21. The van der Waals surface area contributed by atoms with E-state index >= 15 is 0 Å². The summed E-state index contributed by atoms with van der Waals surface area (Å²) >= 11 is 0. The Labute approximate surface area is 90.0 Å². The monoisotopic (exact) mass is 208 g/mol. The van der Waals surface area contributed by atoms with Crippen LogP contribution in [0.1, 0.15) is 24.3 Å². The van der Waals surface area contributed by atoms with Crippen LogP contribution in [-0.2, 0) is 0 Å². The molecule has 0 spiro atoms. The van der Waals surface area contributed by atoms with Crippen molar-refractivity contribution in [2.75, 3.05) is 25.7 Å². The fourth-order valence-electron chi connectivity index (χ4n) is 2.16. The molecule has 1 heterocycles. The van der Waals surface area contributed by atoms with Gasteiger partial charge >= 0.3 is 0 Å². The summed E-state index contributed by atoms with van der Waals surface area (Å²) in [5, 5.41) is 0. The first kappa shape index (κ1) is 10.4. The quantitative estimate of drug-likeness (QED) is 0.752. The van der Waals surface area contributed by atoms with E-state index in [0.717, 1.165) is 13.1 Å². The van der Waals surface area contributed by atoms with Gasteiger partial charge in [0, 0.05) is 0 Å². The highest BCUT2D eigenvalue weighted by molar-refractivity contribution is 5.43. The smallest absolute Gasteiger partial charge is 0.0655 e. The molecule has 0 atom stereocenters. The van der Waals surface area contributed by atoms with Crippen LogP contribution in [0.15, 0.2) is 24.3 Å². The highest BCUT2D eigenvalue weighted by atomic mass is 19.2. The minimum Gasteiger partial charge on any atom is -0.306 e. The molecule has 0 unspecified atom stereocenters. The van der Waals surface area contributed by atoms with Gasteiger partial charge in [-0.2, -0.15) is 0 Å². The van der Waals surface area contributed by atoms with Crippen molar-refractivity contribution in [3.8, 4) is 0 Å². The number of nitrogens with one attached hydrogen (secondary N) is 1. The van der Waals surface area contributed by atoms with Gasteiger partial charge in [0.05, 0.1) is 5.69 Å². The number of nitrogens with zero attached hydrogens (tertiary/aromatic N) is 1. The lowest BCUT2D eigenvalue weighted by Crippen LogP contribution is -2.29. The Kier molecular flexibility index (Phi) is 3.21. The van der Waals surface area contributed by atoms with Crippen LogP contribution < -0.4 is 5.54 Å². The lowest BCUT2D eigenvalue weighted by atomic mass is 9.89. The molecule has 1 aliphatic rings. The fourth-order valence-corrected chi connectivity index (χ4v) is 2.16. The normalized spacial score (nSPS) is 19.1. The second-order valence-electron chi connectivity index (χ2n) is 4.29. The van der Waals surface area contributed by atoms with E-state index in [4.69, 9.17) is 0 Å². The second kappa shape index (κ2) is 4.62. The molecule has 1 aromatic rings. The van der Waals surface area contributed by atoms with Crippen molar-refractivity contribution in [1.82, 2.24) is 4.90 Å². The standard InChI is InChI=1S/C12H17FN2/c1-15-8-6-11(7-9-15)10-2-4-12(14-13)5-3-10/h2-5,11,14H,6-9H2,1H3. The van der Waals surface area contributed by atoms with E-state index in [1.165, 1.54) is 18.4 Å². The summed E-state index contributed by atoms with van der Waals surface area (Å²) in [6, 6.07) is 7.65. The van der Waals surface area contributed by atoms with Crippen molar-refractivity contribution < 1.29 is 4.48 Å². The van der Waals surface area contributed by atoms with Gasteiger partial charge in [0.1, 0.15) is 0 Å². The predicted octanol–water partition coefficient (Wildman–Crippen LogP) is 2.79. The molecule has 1 aliphatic heterocycles. The van der Waals surface area contributed by atoms with Gasteiger partial charge in [0.2, 0.25) is 0 Å². The Morgan fingerprint density at radius 2 is 1.80 bits per heavy atom. The summed E-state index contributed by atoms with van der Waals surface area (Å²) in [5.41, 5.74) is 3.53. The summed E-state index contributed by atoms with van der Waals surface area (Å²) in [7, 11) is 2.16. The number of halogens is 1. The van der Waals surface area contributed by atoms with Crippen LogP contribution in [-0.4, -0.2) is 25.0 Å². The average Bonchev–Trinajstić information content (AvgIpc) is 2.30. The topological polar surface area (TPSA) is 15.3 Å². The average molecular weight is 208 g/mol. The minimum atomic E-state index is 0.534. The molecule has 3 heteroatoms. The first-order valence-electron chi connectivity index (χ1n) is 5.45. The Bertz CT molecular complexity index is 302. The Morgan fingerprint density at radius 1 is 1.20 bits per heavy atom. The zero-order valence-corrected chi connectivity index (χ0v) is 9.04. The highest BCUT2D eigenvalue weighted by Gasteiger charge is 2.17. The molecule has 1 N–H and O–H groups in total. The van der Waals surface area contributed by atoms with Gasteiger partial charge in [-0.15, -0.1) is 4.48 Å².